The number of allylic oxidation sites excluding steroid dienone is 2. The molecular formula is C12H9NS. The molecule has 2 aromatic heterocycles. The van der Waals surface area contributed by atoms with E-state index in [0.717, 1.165) is 12.1 Å². The maximum Gasteiger partial charge on any atom is 0.0716 e. The van der Waals surface area contributed by atoms with Gasteiger partial charge in [-0.3, -0.25) is 4.98 Å². The Hall–Kier alpha value is -1.41. The molecule has 1 aliphatic rings. The SMILES string of the molecule is C1=C(c2sccc2-c2ccccn2)C1. The van der Waals surface area contributed by atoms with Crippen LogP contribution in [0.5, 0.6) is 0 Å². The van der Waals surface area contributed by atoms with Gasteiger partial charge in [0.2, 0.25) is 0 Å². The molecule has 0 fully saturated rings. The van der Waals surface area contributed by atoms with Crippen molar-refractivity contribution in [1.82, 2.24) is 4.98 Å². The van der Waals surface area contributed by atoms with Crippen LogP contribution in [0.4, 0.5) is 0 Å². The second-order valence-electron chi connectivity index (χ2n) is 3.31. The minimum atomic E-state index is 1.08. The zero-order chi connectivity index (χ0) is 9.38. The first kappa shape index (κ1) is 7.94. The van der Waals surface area contributed by atoms with E-state index in [1.165, 1.54) is 16.0 Å². The van der Waals surface area contributed by atoms with E-state index in [2.05, 4.69) is 28.6 Å². The first-order valence-corrected chi connectivity index (χ1v) is 5.51. The molecule has 0 amide bonds. The number of rotatable bonds is 2. The van der Waals surface area contributed by atoms with Crippen LogP contribution < -0.4 is 0 Å². The third-order valence-corrected chi connectivity index (χ3v) is 3.30. The molecule has 1 nitrogen and oxygen atoms in total. The van der Waals surface area contributed by atoms with Crippen molar-refractivity contribution in [2.24, 2.45) is 0 Å². The Labute approximate surface area is 86.7 Å². The Morgan fingerprint density at radius 2 is 2.14 bits per heavy atom. The Balaban J connectivity index is 2.12. The molecule has 1 aliphatic carbocycles. The molecular weight excluding hydrogens is 190 g/mol. The van der Waals surface area contributed by atoms with Gasteiger partial charge in [0.25, 0.3) is 0 Å². The summed E-state index contributed by atoms with van der Waals surface area (Å²) in [5.41, 5.74) is 3.83. The molecule has 2 heterocycles. The van der Waals surface area contributed by atoms with Gasteiger partial charge in [-0.05, 0) is 35.6 Å². The van der Waals surface area contributed by atoms with Crippen molar-refractivity contribution in [3.63, 3.8) is 0 Å². The van der Waals surface area contributed by atoms with E-state index in [1.807, 2.05) is 18.3 Å². The number of aromatic nitrogens is 1. The molecule has 0 aliphatic heterocycles. The van der Waals surface area contributed by atoms with Crippen molar-refractivity contribution in [3.05, 3.63) is 46.8 Å². The highest BCUT2D eigenvalue weighted by Gasteiger charge is 2.16. The summed E-state index contributed by atoms with van der Waals surface area (Å²) in [6.45, 7) is 0. The number of hydrogen-bond acceptors (Lipinski definition) is 2. The van der Waals surface area contributed by atoms with Crippen LogP contribution in [0.3, 0.4) is 0 Å². The molecule has 0 radical (unpaired) electrons. The van der Waals surface area contributed by atoms with Crippen LogP contribution in [0.1, 0.15) is 11.3 Å². The molecule has 14 heavy (non-hydrogen) atoms. The van der Waals surface area contributed by atoms with Gasteiger partial charge in [0.1, 0.15) is 0 Å². The number of pyridine rings is 1. The third kappa shape index (κ3) is 1.28. The van der Waals surface area contributed by atoms with Crippen molar-refractivity contribution in [3.8, 4) is 11.3 Å². The average molecular weight is 199 g/mol. The van der Waals surface area contributed by atoms with E-state index in [9.17, 15) is 0 Å². The van der Waals surface area contributed by atoms with Gasteiger partial charge in [-0.25, -0.2) is 0 Å². The predicted molar refractivity (Wildman–Crippen MR) is 60.1 cm³/mol. The lowest BCUT2D eigenvalue weighted by molar-refractivity contribution is 1.33. The third-order valence-electron chi connectivity index (χ3n) is 2.31. The monoisotopic (exact) mass is 199 g/mol. The zero-order valence-corrected chi connectivity index (χ0v) is 8.42. The topological polar surface area (TPSA) is 12.9 Å². The van der Waals surface area contributed by atoms with E-state index in [-0.39, 0.29) is 0 Å². The zero-order valence-electron chi connectivity index (χ0n) is 7.60. The fourth-order valence-corrected chi connectivity index (χ4v) is 2.48. The van der Waals surface area contributed by atoms with Crippen LogP contribution in [-0.4, -0.2) is 4.98 Å². The Kier molecular flexibility index (Phi) is 1.74. The molecule has 68 valence electrons. The Morgan fingerprint density at radius 1 is 1.21 bits per heavy atom. The highest BCUT2D eigenvalue weighted by molar-refractivity contribution is 7.11. The number of hydrogen-bond donors (Lipinski definition) is 0. The molecule has 0 saturated carbocycles. The van der Waals surface area contributed by atoms with Crippen molar-refractivity contribution in [2.75, 3.05) is 0 Å². The summed E-state index contributed by atoms with van der Waals surface area (Å²) in [6, 6.07) is 8.20. The lowest BCUT2D eigenvalue weighted by Gasteiger charge is -1.98. The van der Waals surface area contributed by atoms with Gasteiger partial charge >= 0.3 is 0 Å². The second-order valence-corrected chi connectivity index (χ2v) is 4.23. The molecule has 0 bridgehead atoms. The van der Waals surface area contributed by atoms with E-state index in [1.54, 1.807) is 11.3 Å². The van der Waals surface area contributed by atoms with Gasteiger partial charge in [-0.15, -0.1) is 11.3 Å². The maximum absolute atomic E-state index is 4.37. The summed E-state index contributed by atoms with van der Waals surface area (Å²) in [6.07, 6.45) is 5.26. The molecule has 0 N–H and O–H groups in total. The van der Waals surface area contributed by atoms with Crippen LogP contribution in [0.25, 0.3) is 16.8 Å². The molecule has 0 unspecified atom stereocenters. The standard InChI is InChI=1S/C12H9NS/c1-2-7-13-11(3-1)10-6-8-14-12(10)9-4-5-9/h1-4,6-8H,5H2. The Bertz CT molecular complexity index is 482. The van der Waals surface area contributed by atoms with Gasteiger partial charge < -0.3 is 0 Å². The summed E-state index contributed by atoms with van der Waals surface area (Å²) in [4.78, 5) is 5.76. The second kappa shape index (κ2) is 3.07. The van der Waals surface area contributed by atoms with Crippen LogP contribution in [-0.2, 0) is 0 Å². The molecule has 2 heteroatoms. The van der Waals surface area contributed by atoms with Crippen LogP contribution in [0.15, 0.2) is 41.9 Å². The highest BCUT2D eigenvalue weighted by Crippen LogP contribution is 2.40. The van der Waals surface area contributed by atoms with Crippen molar-refractivity contribution >= 4 is 16.9 Å². The fraction of sp³-hybridized carbons (Fsp3) is 0.0833. The molecule has 2 aromatic rings. The smallest absolute Gasteiger partial charge is 0.0716 e. The minimum Gasteiger partial charge on any atom is -0.256 e. The minimum absolute atomic E-state index is 1.08. The van der Waals surface area contributed by atoms with Gasteiger partial charge in [0.05, 0.1) is 5.69 Å². The first-order chi connectivity index (χ1) is 6.95. The highest BCUT2D eigenvalue weighted by atomic mass is 32.1. The van der Waals surface area contributed by atoms with Crippen molar-refractivity contribution < 1.29 is 0 Å². The average Bonchev–Trinajstić information content (AvgIpc) is 2.98. The van der Waals surface area contributed by atoms with Crippen LogP contribution in [0.2, 0.25) is 0 Å². The number of thiophene rings is 1. The lowest BCUT2D eigenvalue weighted by atomic mass is 10.1. The molecule has 0 spiro atoms. The quantitative estimate of drug-likeness (QED) is 0.720. The normalized spacial score (nSPS) is 13.9. The lowest BCUT2D eigenvalue weighted by Crippen LogP contribution is -1.81. The van der Waals surface area contributed by atoms with E-state index < -0.39 is 0 Å². The maximum atomic E-state index is 4.37. The van der Waals surface area contributed by atoms with Crippen LogP contribution in [0, 0.1) is 0 Å². The molecule has 3 rings (SSSR count). The van der Waals surface area contributed by atoms with E-state index in [4.69, 9.17) is 0 Å². The van der Waals surface area contributed by atoms with E-state index >= 15 is 0 Å². The van der Waals surface area contributed by atoms with Crippen molar-refractivity contribution in [2.45, 2.75) is 6.42 Å². The summed E-state index contributed by atoms with van der Waals surface area (Å²) in [5, 5.41) is 2.14. The van der Waals surface area contributed by atoms with Crippen LogP contribution >= 0.6 is 11.3 Å². The summed E-state index contributed by atoms with van der Waals surface area (Å²) in [5.74, 6) is 0. The first-order valence-electron chi connectivity index (χ1n) is 4.63. The fourth-order valence-electron chi connectivity index (χ4n) is 1.52. The number of nitrogens with zero attached hydrogens (tertiary/aromatic N) is 1. The summed E-state index contributed by atoms with van der Waals surface area (Å²) in [7, 11) is 0. The van der Waals surface area contributed by atoms with Gasteiger partial charge in [0, 0.05) is 16.6 Å². The largest absolute Gasteiger partial charge is 0.256 e. The van der Waals surface area contributed by atoms with Crippen molar-refractivity contribution in [1.29, 1.82) is 0 Å². The predicted octanol–water partition coefficient (Wildman–Crippen LogP) is 3.60. The molecule has 0 aromatic carbocycles. The van der Waals surface area contributed by atoms with Gasteiger partial charge in [-0.1, -0.05) is 12.1 Å². The van der Waals surface area contributed by atoms with E-state index in [0.29, 0.717) is 0 Å². The Morgan fingerprint density at radius 3 is 2.86 bits per heavy atom. The van der Waals surface area contributed by atoms with Gasteiger partial charge in [-0.2, -0.15) is 0 Å². The summed E-state index contributed by atoms with van der Waals surface area (Å²) < 4.78 is 0. The molecule has 0 saturated heterocycles. The van der Waals surface area contributed by atoms with Gasteiger partial charge in [0.15, 0.2) is 0 Å². The molecule has 0 atom stereocenters. The summed E-state index contributed by atoms with van der Waals surface area (Å²) >= 11 is 1.81.